The van der Waals surface area contributed by atoms with Crippen LogP contribution in [0.2, 0.25) is 0 Å². The van der Waals surface area contributed by atoms with E-state index in [1.54, 1.807) is 36.4 Å². The Bertz CT molecular complexity index is 2640. The fourth-order valence-corrected chi connectivity index (χ4v) is 5.91. The lowest BCUT2D eigenvalue weighted by Gasteiger charge is -2.14. The van der Waals surface area contributed by atoms with E-state index < -0.39 is 113 Å². The van der Waals surface area contributed by atoms with Crippen LogP contribution in [0, 0.1) is 96.5 Å². The van der Waals surface area contributed by atoms with Crippen LogP contribution in [0.25, 0.3) is 33.4 Å². The summed E-state index contributed by atoms with van der Waals surface area (Å²) >= 11 is 0. The molecule has 0 unspecified atom stereocenters. The number of benzene rings is 3. The Morgan fingerprint density at radius 2 is 1.02 bits per heavy atom. The molecule has 9 nitrogen and oxygen atoms in total. The van der Waals surface area contributed by atoms with Crippen molar-refractivity contribution in [3.05, 3.63) is 109 Å². The number of hydrogen-bond donors (Lipinski definition) is 0. The quantitative estimate of drug-likeness (QED) is 0.192. The summed E-state index contributed by atoms with van der Waals surface area (Å²) in [6.45, 7) is 0. The summed E-state index contributed by atoms with van der Waals surface area (Å²) in [4.78, 5) is 0. The molecule has 0 radical (unpaired) electrons. The zero-order valence-corrected chi connectivity index (χ0v) is 25.2. The summed E-state index contributed by atoms with van der Waals surface area (Å²) in [5.74, 6) is -2.36. The molecule has 2 aliphatic carbocycles. The summed E-state index contributed by atoms with van der Waals surface area (Å²) in [6.07, 6.45) is -10.3. The van der Waals surface area contributed by atoms with Crippen LogP contribution in [-0.4, -0.2) is 6.36 Å². The second-order valence-electron chi connectivity index (χ2n) is 10.4. The van der Waals surface area contributed by atoms with Gasteiger partial charge in [0, 0.05) is 33.4 Å². The van der Waals surface area contributed by atoms with E-state index in [1.165, 1.54) is 12.1 Å². The summed E-state index contributed by atoms with van der Waals surface area (Å²) < 4.78 is 102. The highest BCUT2D eigenvalue weighted by Gasteiger charge is 2.42. The van der Waals surface area contributed by atoms with Crippen molar-refractivity contribution in [2.75, 3.05) is 0 Å². The lowest BCUT2D eigenvalue weighted by Crippen LogP contribution is -2.17. The minimum absolute atomic E-state index is 0.254. The van der Waals surface area contributed by atoms with Gasteiger partial charge in [0.25, 0.3) is 0 Å². The molecule has 0 fully saturated rings. The van der Waals surface area contributed by atoms with E-state index in [0.29, 0.717) is 12.1 Å². The van der Waals surface area contributed by atoms with Gasteiger partial charge in [0.1, 0.15) is 65.2 Å². The van der Waals surface area contributed by atoms with Crippen molar-refractivity contribution in [2.45, 2.75) is 12.5 Å². The SMILES string of the molecule is N#CC(C#N)=C1C(c2ccc(OC(F)(F)F)c(C#N)c2)=C(C#N)c2c1cc1c(c2F)C(C#N)=C(c2ccc(C#N)c(C(F)(F)F)c2)C1=C(C#N)C#N. The van der Waals surface area contributed by atoms with E-state index in [4.69, 9.17) is 0 Å². The highest BCUT2D eigenvalue weighted by molar-refractivity contribution is 6.30. The Balaban J connectivity index is 1.94. The molecule has 0 amide bonds. The van der Waals surface area contributed by atoms with Crippen molar-refractivity contribution in [1.29, 1.82) is 42.1 Å². The van der Waals surface area contributed by atoms with E-state index in [0.717, 1.165) is 30.3 Å². The van der Waals surface area contributed by atoms with Crippen LogP contribution in [0.3, 0.4) is 0 Å². The van der Waals surface area contributed by atoms with Gasteiger partial charge in [-0.1, -0.05) is 12.1 Å². The monoisotopic (exact) mass is 700 g/mol. The number of hydrogen-bond acceptors (Lipinski definition) is 9. The molecule has 0 N–H and O–H groups in total. The first-order chi connectivity index (χ1) is 24.6. The number of allylic oxidation sites excluding steroid dienone is 8. The minimum atomic E-state index is -5.22. The van der Waals surface area contributed by atoms with E-state index in [-0.39, 0.29) is 5.56 Å². The molecule has 2 aliphatic rings. The molecule has 52 heavy (non-hydrogen) atoms. The molecule has 5 rings (SSSR count). The fraction of sp³-hybridized carbons (Fsp3) is 0.0556. The molecular weight excluding hydrogens is 693 g/mol. The molecule has 3 aromatic rings. The van der Waals surface area contributed by atoms with Gasteiger partial charge in [-0.3, -0.25) is 0 Å². The van der Waals surface area contributed by atoms with Crippen molar-refractivity contribution in [1.82, 2.24) is 0 Å². The predicted octanol–water partition coefficient (Wildman–Crippen LogP) is 7.98. The maximum atomic E-state index is 17.0. The number of nitriles is 8. The van der Waals surface area contributed by atoms with Crippen LogP contribution in [0.15, 0.2) is 53.6 Å². The van der Waals surface area contributed by atoms with E-state index in [2.05, 4.69) is 4.74 Å². The molecule has 0 saturated heterocycles. The lowest BCUT2D eigenvalue weighted by atomic mass is 9.88. The Labute approximate surface area is 287 Å². The van der Waals surface area contributed by atoms with E-state index >= 15 is 4.39 Å². The van der Waals surface area contributed by atoms with Crippen LogP contribution >= 0.6 is 0 Å². The Morgan fingerprint density at radius 3 is 1.42 bits per heavy atom. The number of rotatable bonds is 3. The zero-order chi connectivity index (χ0) is 38.3. The van der Waals surface area contributed by atoms with Crippen LogP contribution in [0.4, 0.5) is 30.7 Å². The van der Waals surface area contributed by atoms with E-state index in [9.17, 15) is 68.4 Å². The molecule has 3 aromatic carbocycles. The van der Waals surface area contributed by atoms with Gasteiger partial charge in [0.05, 0.1) is 33.9 Å². The van der Waals surface area contributed by atoms with Crippen LogP contribution in [-0.2, 0) is 6.18 Å². The fourth-order valence-electron chi connectivity index (χ4n) is 5.91. The maximum absolute atomic E-state index is 17.0. The Morgan fingerprint density at radius 1 is 0.558 bits per heavy atom. The minimum Gasteiger partial charge on any atom is -0.404 e. The molecule has 16 heteroatoms. The van der Waals surface area contributed by atoms with Gasteiger partial charge in [0.15, 0.2) is 0 Å². The summed E-state index contributed by atoms with van der Waals surface area (Å²) in [7, 11) is 0. The van der Waals surface area contributed by atoms with Crippen LogP contribution in [0.1, 0.15) is 50.1 Å². The standard InChI is InChI=1S/C36H7F7N8O/c37-34-32-22(30(20(10-46)11-47)28(24(32)14-50)16-3-4-27(19(5-16)9-45)52-36(41,42)43)7-23-31(21(12-48)13-49)29(25(15-51)33(23)34)17-1-2-18(8-44)26(6-17)35(38,39)40/h1-7H. The number of halogens is 7. The summed E-state index contributed by atoms with van der Waals surface area (Å²) in [5, 5.41) is 79.0. The molecule has 0 saturated carbocycles. The number of ether oxygens (including phenoxy) is 1. The maximum Gasteiger partial charge on any atom is 0.573 e. The van der Waals surface area contributed by atoms with Crippen molar-refractivity contribution < 1.29 is 35.5 Å². The lowest BCUT2D eigenvalue weighted by molar-refractivity contribution is -0.274. The Hall–Kier alpha value is -8.15. The van der Waals surface area contributed by atoms with Crippen molar-refractivity contribution in [2.24, 2.45) is 0 Å². The first-order valence-corrected chi connectivity index (χ1v) is 13.8. The normalized spacial score (nSPS) is 12.9. The smallest absolute Gasteiger partial charge is 0.404 e. The van der Waals surface area contributed by atoms with Crippen molar-refractivity contribution >= 4 is 33.4 Å². The highest BCUT2D eigenvalue weighted by atomic mass is 19.4. The molecule has 0 heterocycles. The van der Waals surface area contributed by atoms with E-state index in [1.807, 2.05) is 0 Å². The molecule has 0 atom stereocenters. The largest absolute Gasteiger partial charge is 0.573 e. The molecule has 0 aromatic heterocycles. The number of fused-ring (bicyclic) bond motifs is 2. The summed E-state index contributed by atoms with van der Waals surface area (Å²) in [6, 6.07) is 18.3. The summed E-state index contributed by atoms with van der Waals surface area (Å²) in [5.41, 5.74) is -10.7. The first kappa shape index (κ1) is 35.2. The average molecular weight is 700 g/mol. The number of nitrogens with zero attached hydrogens (tertiary/aromatic N) is 8. The van der Waals surface area contributed by atoms with Crippen molar-refractivity contribution in [3.8, 4) is 54.3 Å². The molecule has 246 valence electrons. The van der Waals surface area contributed by atoms with Crippen LogP contribution in [0.5, 0.6) is 5.75 Å². The molecule has 0 aliphatic heterocycles. The van der Waals surface area contributed by atoms with Crippen molar-refractivity contribution in [3.63, 3.8) is 0 Å². The zero-order valence-electron chi connectivity index (χ0n) is 25.2. The average Bonchev–Trinajstić information content (AvgIpc) is 3.61. The highest BCUT2D eigenvalue weighted by Crippen LogP contribution is 2.56. The third kappa shape index (κ3) is 5.48. The van der Waals surface area contributed by atoms with Gasteiger partial charge >= 0.3 is 12.5 Å². The van der Waals surface area contributed by atoms with Gasteiger partial charge in [-0.15, -0.1) is 13.2 Å². The predicted molar refractivity (Wildman–Crippen MR) is 162 cm³/mol. The second-order valence-corrected chi connectivity index (χ2v) is 10.4. The van der Waals surface area contributed by atoms with Gasteiger partial charge in [-0.05, 0) is 52.6 Å². The molecule has 0 bridgehead atoms. The molecule has 0 spiro atoms. The second kappa shape index (κ2) is 12.7. The van der Waals surface area contributed by atoms with Gasteiger partial charge in [-0.2, -0.15) is 55.3 Å². The van der Waals surface area contributed by atoms with Gasteiger partial charge in [-0.25, -0.2) is 4.39 Å². The number of alkyl halides is 6. The van der Waals surface area contributed by atoms with Gasteiger partial charge < -0.3 is 4.74 Å². The molecular formula is C36H7F7N8O. The third-order valence-electron chi connectivity index (χ3n) is 7.82. The van der Waals surface area contributed by atoms with Gasteiger partial charge in [0.2, 0.25) is 0 Å². The topological polar surface area (TPSA) is 200 Å². The van der Waals surface area contributed by atoms with Crippen LogP contribution < -0.4 is 4.74 Å². The third-order valence-corrected chi connectivity index (χ3v) is 7.82. The first-order valence-electron chi connectivity index (χ1n) is 13.8. The Kier molecular flexibility index (Phi) is 8.59.